The summed E-state index contributed by atoms with van der Waals surface area (Å²) in [6, 6.07) is 2.41. The van der Waals surface area contributed by atoms with E-state index < -0.39 is 42.4 Å². The van der Waals surface area contributed by atoms with Crippen molar-refractivity contribution in [3.8, 4) is 17.1 Å². The van der Waals surface area contributed by atoms with Crippen LogP contribution in [0.25, 0.3) is 17.6 Å². The van der Waals surface area contributed by atoms with Crippen molar-refractivity contribution in [1.29, 1.82) is 0 Å². The van der Waals surface area contributed by atoms with E-state index >= 15 is 0 Å². The van der Waals surface area contributed by atoms with E-state index in [9.17, 15) is 31.9 Å². The molecule has 1 aliphatic rings. The van der Waals surface area contributed by atoms with Gasteiger partial charge in [-0.3, -0.25) is 4.79 Å². The average molecular weight is 374 g/mol. The van der Waals surface area contributed by atoms with E-state index in [0.29, 0.717) is 6.07 Å². The standard InChI is InChI=1S/C15H11F5N4O2/c16-14(17)6-23(7-14)12(26)1-2-24-8-21-13(22-24)9-3-10(15(18,19)20)5-11(25)4-9/h1-5,8,25H,6-7H2/b2-1-. The molecular weight excluding hydrogens is 363 g/mol. The van der Waals surface area contributed by atoms with Crippen LogP contribution in [0.3, 0.4) is 0 Å². The van der Waals surface area contributed by atoms with Gasteiger partial charge in [0.15, 0.2) is 5.82 Å². The number of hydrogen-bond donors (Lipinski definition) is 1. The molecule has 1 saturated heterocycles. The predicted molar refractivity (Wildman–Crippen MR) is 79.0 cm³/mol. The van der Waals surface area contributed by atoms with Gasteiger partial charge in [-0.1, -0.05) is 0 Å². The Hall–Kier alpha value is -2.98. The molecule has 2 aromatic rings. The number of likely N-dealkylation sites (tertiary alicyclic amines) is 1. The molecule has 0 saturated carbocycles. The summed E-state index contributed by atoms with van der Waals surface area (Å²) in [7, 11) is 0. The Morgan fingerprint density at radius 2 is 1.92 bits per heavy atom. The van der Waals surface area contributed by atoms with Gasteiger partial charge >= 0.3 is 6.18 Å². The Bertz CT molecular complexity index is 867. The van der Waals surface area contributed by atoms with Crippen LogP contribution >= 0.6 is 0 Å². The first kappa shape index (κ1) is 17.8. The third kappa shape index (κ3) is 3.81. The number of phenolic OH excluding ortho intramolecular Hbond substituents is 1. The summed E-state index contributed by atoms with van der Waals surface area (Å²) in [6.45, 7) is -1.33. The third-order valence-electron chi connectivity index (χ3n) is 3.54. The van der Waals surface area contributed by atoms with Crippen LogP contribution in [0.5, 0.6) is 5.75 Å². The highest BCUT2D eigenvalue weighted by Crippen LogP contribution is 2.34. The molecule has 3 rings (SSSR count). The first-order chi connectivity index (χ1) is 12.0. The number of carbonyl (C=O) groups excluding carboxylic acids is 1. The van der Waals surface area contributed by atoms with E-state index in [-0.39, 0.29) is 11.4 Å². The lowest BCUT2D eigenvalue weighted by Crippen LogP contribution is -2.58. The molecule has 26 heavy (non-hydrogen) atoms. The zero-order valence-electron chi connectivity index (χ0n) is 12.9. The maximum absolute atomic E-state index is 12.8. The lowest BCUT2D eigenvalue weighted by atomic mass is 10.1. The summed E-state index contributed by atoms with van der Waals surface area (Å²) < 4.78 is 64.8. The number of alkyl halides is 5. The SMILES string of the molecule is O=C(/C=C\n1cnc(-c2cc(O)cc(C(F)(F)F)c2)n1)N1CC(F)(F)C1. The van der Waals surface area contributed by atoms with Crippen molar-refractivity contribution < 1.29 is 31.9 Å². The van der Waals surface area contributed by atoms with Gasteiger partial charge in [0.1, 0.15) is 12.1 Å². The van der Waals surface area contributed by atoms with Crippen molar-refractivity contribution in [3.63, 3.8) is 0 Å². The molecule has 1 aromatic carbocycles. The molecule has 0 spiro atoms. The van der Waals surface area contributed by atoms with Gasteiger partial charge in [-0.05, 0) is 18.2 Å². The lowest BCUT2D eigenvalue weighted by Gasteiger charge is -2.37. The van der Waals surface area contributed by atoms with Crippen LogP contribution in [0.1, 0.15) is 5.56 Å². The minimum absolute atomic E-state index is 0.0711. The molecule has 138 valence electrons. The second-order valence-corrected chi connectivity index (χ2v) is 5.68. The first-order valence-corrected chi connectivity index (χ1v) is 7.21. The monoisotopic (exact) mass is 374 g/mol. The highest BCUT2D eigenvalue weighted by molar-refractivity contribution is 5.90. The van der Waals surface area contributed by atoms with Gasteiger partial charge < -0.3 is 10.0 Å². The number of benzene rings is 1. The highest BCUT2D eigenvalue weighted by atomic mass is 19.4. The molecule has 0 bridgehead atoms. The molecule has 0 radical (unpaired) electrons. The summed E-state index contributed by atoms with van der Waals surface area (Å²) in [5, 5.41) is 13.3. The second-order valence-electron chi connectivity index (χ2n) is 5.68. The van der Waals surface area contributed by atoms with Gasteiger partial charge in [0.25, 0.3) is 5.92 Å². The van der Waals surface area contributed by atoms with E-state index in [4.69, 9.17) is 0 Å². The molecule has 11 heteroatoms. The Morgan fingerprint density at radius 1 is 1.23 bits per heavy atom. The summed E-state index contributed by atoms with van der Waals surface area (Å²) in [5.74, 6) is -4.24. The topological polar surface area (TPSA) is 71.2 Å². The lowest BCUT2D eigenvalue weighted by molar-refractivity contribution is -0.160. The van der Waals surface area contributed by atoms with Gasteiger partial charge in [0.05, 0.1) is 18.7 Å². The minimum Gasteiger partial charge on any atom is -0.508 e. The quantitative estimate of drug-likeness (QED) is 0.662. The van der Waals surface area contributed by atoms with E-state index in [1.54, 1.807) is 0 Å². The zero-order chi connectivity index (χ0) is 19.1. The molecule has 0 atom stereocenters. The van der Waals surface area contributed by atoms with Crippen molar-refractivity contribution in [3.05, 3.63) is 36.2 Å². The van der Waals surface area contributed by atoms with Gasteiger partial charge in [-0.15, -0.1) is 5.10 Å². The maximum atomic E-state index is 12.8. The Kier molecular flexibility index (Phi) is 4.17. The number of rotatable bonds is 3. The molecule has 6 nitrogen and oxygen atoms in total. The summed E-state index contributed by atoms with van der Waals surface area (Å²) in [6.07, 6.45) is -1.39. The molecule has 1 N–H and O–H groups in total. The van der Waals surface area contributed by atoms with Crippen LogP contribution in [0, 0.1) is 0 Å². The van der Waals surface area contributed by atoms with Crippen LogP contribution in [0.15, 0.2) is 30.6 Å². The normalized spacial score (nSPS) is 16.7. The minimum atomic E-state index is -4.65. The van der Waals surface area contributed by atoms with Crippen LogP contribution in [-0.4, -0.2) is 49.7 Å². The number of carbonyl (C=O) groups is 1. The highest BCUT2D eigenvalue weighted by Gasteiger charge is 2.45. The van der Waals surface area contributed by atoms with Crippen molar-refractivity contribution >= 4 is 12.1 Å². The zero-order valence-corrected chi connectivity index (χ0v) is 12.9. The Morgan fingerprint density at radius 3 is 2.54 bits per heavy atom. The molecule has 1 amide bonds. The van der Waals surface area contributed by atoms with Gasteiger partial charge in [0, 0.05) is 17.8 Å². The van der Waals surface area contributed by atoms with Gasteiger partial charge in [-0.25, -0.2) is 18.4 Å². The van der Waals surface area contributed by atoms with Gasteiger partial charge in [-0.2, -0.15) is 13.2 Å². The van der Waals surface area contributed by atoms with E-state index in [0.717, 1.165) is 40.3 Å². The number of nitrogens with zero attached hydrogens (tertiary/aromatic N) is 4. The number of amides is 1. The second kappa shape index (κ2) is 6.07. The van der Waals surface area contributed by atoms with E-state index in [1.165, 1.54) is 0 Å². The van der Waals surface area contributed by atoms with Crippen LogP contribution in [-0.2, 0) is 11.0 Å². The van der Waals surface area contributed by atoms with E-state index in [2.05, 4.69) is 10.1 Å². The summed E-state index contributed by atoms with van der Waals surface area (Å²) in [5.41, 5.74) is -1.13. The number of aromatic nitrogens is 3. The predicted octanol–water partition coefficient (Wildman–Crippen LogP) is 2.62. The Balaban J connectivity index is 1.75. The fraction of sp³-hybridized carbons (Fsp3) is 0.267. The molecule has 2 heterocycles. The molecule has 1 fully saturated rings. The van der Waals surface area contributed by atoms with Crippen molar-refractivity contribution in [2.75, 3.05) is 13.1 Å². The van der Waals surface area contributed by atoms with Crippen LogP contribution < -0.4 is 0 Å². The van der Waals surface area contributed by atoms with Crippen molar-refractivity contribution in [2.24, 2.45) is 0 Å². The van der Waals surface area contributed by atoms with E-state index in [1.807, 2.05) is 0 Å². The average Bonchev–Trinajstić information content (AvgIpc) is 2.97. The molecular formula is C15H11F5N4O2. The smallest absolute Gasteiger partial charge is 0.416 e. The Labute approximate surface area is 143 Å². The molecule has 0 aliphatic carbocycles. The largest absolute Gasteiger partial charge is 0.508 e. The molecule has 1 aliphatic heterocycles. The fourth-order valence-electron chi connectivity index (χ4n) is 2.30. The summed E-state index contributed by atoms with van der Waals surface area (Å²) in [4.78, 5) is 16.4. The van der Waals surface area contributed by atoms with Gasteiger partial charge in [0.2, 0.25) is 5.91 Å². The summed E-state index contributed by atoms with van der Waals surface area (Å²) >= 11 is 0. The molecule has 1 aromatic heterocycles. The molecule has 0 unspecified atom stereocenters. The van der Waals surface area contributed by atoms with Crippen molar-refractivity contribution in [2.45, 2.75) is 12.1 Å². The van der Waals surface area contributed by atoms with Crippen LogP contribution in [0.2, 0.25) is 0 Å². The van der Waals surface area contributed by atoms with Crippen molar-refractivity contribution in [1.82, 2.24) is 19.7 Å². The fourth-order valence-corrected chi connectivity index (χ4v) is 2.30. The number of aromatic hydroxyl groups is 1. The number of phenols is 1. The number of halogens is 5. The first-order valence-electron chi connectivity index (χ1n) is 7.21. The maximum Gasteiger partial charge on any atom is 0.416 e. The number of hydrogen-bond acceptors (Lipinski definition) is 4. The van der Waals surface area contributed by atoms with Crippen LogP contribution in [0.4, 0.5) is 22.0 Å². The third-order valence-corrected chi connectivity index (χ3v) is 3.54.